The summed E-state index contributed by atoms with van der Waals surface area (Å²) in [7, 11) is 0. The van der Waals surface area contributed by atoms with Crippen LogP contribution in [-0.2, 0) is 24.0 Å². The Bertz CT molecular complexity index is 845. The minimum Gasteiger partial charge on any atom is -0.462 e. The zero-order chi connectivity index (χ0) is 19.9. The van der Waals surface area contributed by atoms with Gasteiger partial charge in [0.2, 0.25) is 0 Å². The van der Waals surface area contributed by atoms with Crippen LogP contribution in [0.5, 0.6) is 0 Å². The van der Waals surface area contributed by atoms with Crippen LogP contribution in [0.15, 0.2) is 24.3 Å². The van der Waals surface area contributed by atoms with E-state index in [0.29, 0.717) is 17.3 Å². The van der Waals surface area contributed by atoms with E-state index in [4.69, 9.17) is 17.0 Å². The molecule has 6 heteroatoms. The number of hydrogen-bond acceptors (Lipinski definition) is 4. The van der Waals surface area contributed by atoms with Crippen molar-refractivity contribution in [2.45, 2.75) is 58.8 Å². The molecule has 1 aliphatic carbocycles. The average molecular weight is 417 g/mol. The van der Waals surface area contributed by atoms with Crippen molar-refractivity contribution < 1.29 is 9.53 Å². The maximum atomic E-state index is 12.7. The van der Waals surface area contributed by atoms with Gasteiger partial charge in [-0.1, -0.05) is 38.0 Å². The molecule has 1 aromatic heterocycles. The zero-order valence-corrected chi connectivity index (χ0v) is 18.2. The van der Waals surface area contributed by atoms with Crippen molar-refractivity contribution in [1.29, 1.82) is 0 Å². The molecule has 0 aliphatic heterocycles. The van der Waals surface area contributed by atoms with Gasteiger partial charge in [-0.15, -0.1) is 11.3 Å². The summed E-state index contributed by atoms with van der Waals surface area (Å²) in [5.41, 5.74) is 4.03. The van der Waals surface area contributed by atoms with Crippen molar-refractivity contribution in [2.75, 3.05) is 17.2 Å². The molecular weight excluding hydrogens is 388 g/mol. The molecule has 1 heterocycles. The number of ether oxygens (including phenoxy) is 1. The van der Waals surface area contributed by atoms with Gasteiger partial charge in [-0.25, -0.2) is 4.79 Å². The number of rotatable bonds is 5. The van der Waals surface area contributed by atoms with Crippen LogP contribution in [0, 0.1) is 0 Å². The van der Waals surface area contributed by atoms with Gasteiger partial charge in [0.25, 0.3) is 0 Å². The third-order valence-corrected chi connectivity index (χ3v) is 6.44. The van der Waals surface area contributed by atoms with E-state index in [9.17, 15) is 4.79 Å². The minimum atomic E-state index is -0.250. The van der Waals surface area contributed by atoms with Crippen molar-refractivity contribution in [1.82, 2.24) is 0 Å². The van der Waals surface area contributed by atoms with Gasteiger partial charge in [-0.05, 0) is 68.4 Å². The van der Waals surface area contributed by atoms with Gasteiger partial charge in [0.15, 0.2) is 5.11 Å². The predicted octanol–water partition coefficient (Wildman–Crippen LogP) is 5.96. The normalized spacial score (nSPS) is 13.8. The van der Waals surface area contributed by atoms with E-state index in [1.54, 1.807) is 11.3 Å². The Labute approximate surface area is 176 Å². The van der Waals surface area contributed by atoms with E-state index < -0.39 is 0 Å². The van der Waals surface area contributed by atoms with Crippen LogP contribution < -0.4 is 10.6 Å². The molecule has 0 saturated carbocycles. The highest BCUT2D eigenvalue weighted by atomic mass is 32.1. The van der Waals surface area contributed by atoms with Crippen LogP contribution in [0.4, 0.5) is 10.7 Å². The highest BCUT2D eigenvalue weighted by Crippen LogP contribution is 2.37. The molecule has 2 N–H and O–H groups in total. The van der Waals surface area contributed by atoms with Crippen molar-refractivity contribution >= 4 is 45.3 Å². The molecule has 4 nitrogen and oxygen atoms in total. The number of carbonyl (C=O) groups is 1. The topological polar surface area (TPSA) is 50.4 Å². The SMILES string of the molecule is CCOC(=O)c1c(NC(=S)Nc2ccccc2CC)sc2c1CCCCCC2. The molecule has 0 amide bonds. The monoisotopic (exact) mass is 416 g/mol. The molecule has 0 spiro atoms. The Morgan fingerprint density at radius 2 is 1.86 bits per heavy atom. The molecule has 0 atom stereocenters. The standard InChI is InChI=1S/C22H28N2O2S2/c1-3-15-11-9-10-13-17(15)23-22(27)24-20-19(21(25)26-4-2)16-12-7-5-6-8-14-18(16)28-20/h9-11,13H,3-8,12,14H2,1-2H3,(H2,23,24,27). The number of nitrogens with one attached hydrogen (secondary N) is 2. The summed E-state index contributed by atoms with van der Waals surface area (Å²) < 4.78 is 5.37. The molecule has 0 fully saturated rings. The van der Waals surface area contributed by atoms with Gasteiger partial charge in [0, 0.05) is 10.6 Å². The first-order chi connectivity index (χ1) is 13.6. The molecule has 2 aromatic rings. The number of aryl methyl sites for hydroxylation is 2. The van der Waals surface area contributed by atoms with E-state index in [-0.39, 0.29) is 5.97 Å². The summed E-state index contributed by atoms with van der Waals surface area (Å²) in [6.07, 6.45) is 7.63. The maximum absolute atomic E-state index is 12.7. The quantitative estimate of drug-likeness (QED) is 0.465. The first-order valence-corrected chi connectivity index (χ1v) is 11.3. The number of thiophene rings is 1. The van der Waals surface area contributed by atoms with Crippen LogP contribution in [-0.4, -0.2) is 17.7 Å². The van der Waals surface area contributed by atoms with Crippen molar-refractivity contribution in [3.8, 4) is 0 Å². The van der Waals surface area contributed by atoms with Gasteiger partial charge in [0.1, 0.15) is 5.00 Å². The molecule has 0 saturated heterocycles. The second-order valence-corrected chi connectivity index (χ2v) is 8.45. The fraction of sp³-hybridized carbons (Fsp3) is 0.455. The minimum absolute atomic E-state index is 0.250. The third-order valence-electron chi connectivity index (χ3n) is 5.02. The summed E-state index contributed by atoms with van der Waals surface area (Å²) >= 11 is 7.21. The number of thiocarbonyl (C=S) groups is 1. The van der Waals surface area contributed by atoms with Crippen LogP contribution in [0.1, 0.15) is 65.9 Å². The predicted molar refractivity (Wildman–Crippen MR) is 122 cm³/mol. The first-order valence-electron chi connectivity index (χ1n) is 10.1. The van der Waals surface area contributed by atoms with Gasteiger partial charge < -0.3 is 15.4 Å². The maximum Gasteiger partial charge on any atom is 0.341 e. The van der Waals surface area contributed by atoms with Crippen LogP contribution >= 0.6 is 23.6 Å². The zero-order valence-electron chi connectivity index (χ0n) is 16.6. The first kappa shape index (κ1) is 20.8. The van der Waals surface area contributed by atoms with Crippen LogP contribution in [0.3, 0.4) is 0 Å². The van der Waals surface area contributed by atoms with Crippen molar-refractivity contribution in [3.63, 3.8) is 0 Å². The number of hydrogen-bond donors (Lipinski definition) is 2. The van der Waals surface area contributed by atoms with Gasteiger partial charge in [-0.3, -0.25) is 0 Å². The molecule has 150 valence electrons. The largest absolute Gasteiger partial charge is 0.462 e. The fourth-order valence-corrected chi connectivity index (χ4v) is 5.19. The lowest BCUT2D eigenvalue weighted by Gasteiger charge is -2.14. The number of para-hydroxylation sites is 1. The average Bonchev–Trinajstić information content (AvgIpc) is 2.98. The van der Waals surface area contributed by atoms with Crippen molar-refractivity contribution in [3.05, 3.63) is 45.8 Å². The van der Waals surface area contributed by atoms with E-state index in [1.807, 2.05) is 25.1 Å². The second-order valence-electron chi connectivity index (χ2n) is 6.93. The van der Waals surface area contributed by atoms with E-state index in [1.165, 1.54) is 29.7 Å². The summed E-state index contributed by atoms with van der Waals surface area (Å²) in [5, 5.41) is 7.88. The van der Waals surface area contributed by atoms with Crippen molar-refractivity contribution in [2.24, 2.45) is 0 Å². The Kier molecular flexibility index (Phi) is 7.45. The summed E-state index contributed by atoms with van der Waals surface area (Å²) in [4.78, 5) is 14.0. The molecule has 0 radical (unpaired) electrons. The van der Waals surface area contributed by atoms with Gasteiger partial charge in [0.05, 0.1) is 12.2 Å². The number of anilines is 2. The lowest BCUT2D eigenvalue weighted by Crippen LogP contribution is -2.21. The Hall–Kier alpha value is -1.92. The number of benzene rings is 1. The molecule has 0 unspecified atom stereocenters. The Morgan fingerprint density at radius 3 is 2.61 bits per heavy atom. The highest BCUT2D eigenvalue weighted by Gasteiger charge is 2.25. The molecule has 1 aromatic carbocycles. The van der Waals surface area contributed by atoms with E-state index in [2.05, 4.69) is 23.6 Å². The Balaban J connectivity index is 1.86. The number of carbonyl (C=O) groups excluding carboxylic acids is 1. The summed E-state index contributed by atoms with van der Waals surface area (Å²) in [6.45, 7) is 4.33. The Morgan fingerprint density at radius 1 is 1.11 bits per heavy atom. The van der Waals surface area contributed by atoms with Crippen LogP contribution in [0.2, 0.25) is 0 Å². The van der Waals surface area contributed by atoms with Gasteiger partial charge in [-0.2, -0.15) is 0 Å². The van der Waals surface area contributed by atoms with Gasteiger partial charge >= 0.3 is 5.97 Å². The smallest absolute Gasteiger partial charge is 0.341 e. The third kappa shape index (κ3) is 4.92. The molecule has 0 bridgehead atoms. The van der Waals surface area contributed by atoms with E-state index in [0.717, 1.165) is 41.9 Å². The fourth-order valence-electron chi connectivity index (χ4n) is 3.63. The lowest BCUT2D eigenvalue weighted by atomic mass is 9.96. The van der Waals surface area contributed by atoms with E-state index >= 15 is 0 Å². The van der Waals surface area contributed by atoms with Crippen LogP contribution in [0.25, 0.3) is 0 Å². The molecule has 1 aliphatic rings. The summed E-state index contributed by atoms with van der Waals surface area (Å²) in [6, 6.07) is 8.13. The lowest BCUT2D eigenvalue weighted by molar-refractivity contribution is 0.0526. The molecular formula is C22H28N2O2S2. The number of esters is 1. The second kappa shape index (κ2) is 10.0. The highest BCUT2D eigenvalue weighted by molar-refractivity contribution is 7.80. The number of fused-ring (bicyclic) bond motifs is 1. The summed E-state index contributed by atoms with van der Waals surface area (Å²) in [5.74, 6) is -0.250. The molecule has 3 rings (SSSR count). The molecule has 28 heavy (non-hydrogen) atoms.